The van der Waals surface area contributed by atoms with Gasteiger partial charge in [0.1, 0.15) is 0 Å². The quantitative estimate of drug-likeness (QED) is 0.726. The minimum atomic E-state index is 0.0343. The molecule has 0 aliphatic heterocycles. The summed E-state index contributed by atoms with van der Waals surface area (Å²) in [5.74, 6) is 0.0343. The van der Waals surface area contributed by atoms with Crippen molar-refractivity contribution in [3.8, 4) is 0 Å². The lowest BCUT2D eigenvalue weighted by molar-refractivity contribution is -0.118. The van der Waals surface area contributed by atoms with E-state index in [-0.39, 0.29) is 5.91 Å². The van der Waals surface area contributed by atoms with Crippen molar-refractivity contribution in [2.24, 2.45) is 0 Å². The molecular formula is C16H29NO. The third-order valence-electron chi connectivity index (χ3n) is 3.83. The molecule has 0 radical (unpaired) electrons. The molecule has 2 nitrogen and oxygen atoms in total. The molecule has 0 atom stereocenters. The second-order valence-electron chi connectivity index (χ2n) is 5.71. The van der Waals surface area contributed by atoms with Crippen LogP contribution >= 0.6 is 0 Å². The first-order valence-electron chi connectivity index (χ1n) is 7.66. The molecular weight excluding hydrogens is 222 g/mol. The lowest BCUT2D eigenvalue weighted by Crippen LogP contribution is -2.35. The van der Waals surface area contributed by atoms with Crippen molar-refractivity contribution in [1.29, 1.82) is 0 Å². The molecule has 1 fully saturated rings. The first-order chi connectivity index (χ1) is 8.70. The standard InChI is InChI=1S/C16H29NO/c1-14(2)16(18)17-15-12-10-8-6-4-3-5-7-9-11-13-15/h15H,1,3-13H2,2H3,(H,17,18). The van der Waals surface area contributed by atoms with Crippen molar-refractivity contribution in [3.63, 3.8) is 0 Å². The molecule has 18 heavy (non-hydrogen) atoms. The van der Waals surface area contributed by atoms with Crippen LogP contribution in [0.3, 0.4) is 0 Å². The zero-order valence-corrected chi connectivity index (χ0v) is 12.0. The first-order valence-corrected chi connectivity index (χ1v) is 7.66. The van der Waals surface area contributed by atoms with Gasteiger partial charge in [0, 0.05) is 11.6 Å². The van der Waals surface area contributed by atoms with Crippen LogP contribution in [0, 0.1) is 0 Å². The highest BCUT2D eigenvalue weighted by atomic mass is 16.1. The molecule has 1 rings (SSSR count). The fraction of sp³-hybridized carbons (Fsp3) is 0.812. The maximum Gasteiger partial charge on any atom is 0.246 e. The van der Waals surface area contributed by atoms with Crippen molar-refractivity contribution in [3.05, 3.63) is 12.2 Å². The molecule has 0 spiro atoms. The van der Waals surface area contributed by atoms with Crippen LogP contribution in [0.2, 0.25) is 0 Å². The van der Waals surface area contributed by atoms with Crippen LogP contribution in [0.25, 0.3) is 0 Å². The molecule has 0 unspecified atom stereocenters. The molecule has 104 valence electrons. The summed E-state index contributed by atoms with van der Waals surface area (Å²) < 4.78 is 0. The third-order valence-corrected chi connectivity index (χ3v) is 3.83. The molecule has 1 N–H and O–H groups in total. The molecule has 0 aromatic rings. The number of rotatable bonds is 2. The van der Waals surface area contributed by atoms with Gasteiger partial charge >= 0.3 is 0 Å². The minimum Gasteiger partial charge on any atom is -0.350 e. The van der Waals surface area contributed by atoms with Gasteiger partial charge in [-0.3, -0.25) is 4.79 Å². The van der Waals surface area contributed by atoms with Crippen molar-refractivity contribution in [1.82, 2.24) is 5.32 Å². The Labute approximate surface area is 112 Å². The van der Waals surface area contributed by atoms with Crippen molar-refractivity contribution in [2.75, 3.05) is 0 Å². The van der Waals surface area contributed by atoms with Crippen LogP contribution in [-0.2, 0) is 4.79 Å². The van der Waals surface area contributed by atoms with E-state index >= 15 is 0 Å². The van der Waals surface area contributed by atoms with Crippen molar-refractivity contribution in [2.45, 2.75) is 83.6 Å². The highest BCUT2D eigenvalue weighted by molar-refractivity contribution is 5.92. The SMILES string of the molecule is C=C(C)C(=O)NC1CCCCCCCCCCC1. The lowest BCUT2D eigenvalue weighted by Gasteiger charge is -2.19. The number of nitrogens with one attached hydrogen (secondary N) is 1. The molecule has 1 saturated carbocycles. The topological polar surface area (TPSA) is 29.1 Å². The molecule has 1 aliphatic carbocycles. The van der Waals surface area contributed by atoms with Gasteiger partial charge in [0.2, 0.25) is 5.91 Å². The van der Waals surface area contributed by atoms with Gasteiger partial charge in [-0.2, -0.15) is 0 Å². The molecule has 0 aromatic carbocycles. The van der Waals surface area contributed by atoms with Gasteiger partial charge in [-0.05, 0) is 19.8 Å². The highest BCUT2D eigenvalue weighted by Crippen LogP contribution is 2.17. The predicted molar refractivity (Wildman–Crippen MR) is 77.5 cm³/mol. The fourth-order valence-corrected chi connectivity index (χ4v) is 2.62. The fourth-order valence-electron chi connectivity index (χ4n) is 2.62. The smallest absolute Gasteiger partial charge is 0.246 e. The van der Waals surface area contributed by atoms with E-state index < -0.39 is 0 Å². The second-order valence-corrected chi connectivity index (χ2v) is 5.71. The number of hydrogen-bond donors (Lipinski definition) is 1. The van der Waals surface area contributed by atoms with Gasteiger partial charge in [-0.25, -0.2) is 0 Å². The first kappa shape index (κ1) is 15.3. The number of amides is 1. The molecule has 1 amide bonds. The van der Waals surface area contributed by atoms with E-state index in [1.165, 1.54) is 57.8 Å². The summed E-state index contributed by atoms with van der Waals surface area (Å²) in [7, 11) is 0. The van der Waals surface area contributed by atoms with Gasteiger partial charge in [-0.15, -0.1) is 0 Å². The summed E-state index contributed by atoms with van der Waals surface area (Å²) in [6.07, 6.45) is 14.3. The highest BCUT2D eigenvalue weighted by Gasteiger charge is 2.12. The average Bonchev–Trinajstić information content (AvgIpc) is 2.32. The van der Waals surface area contributed by atoms with E-state index in [1.54, 1.807) is 6.92 Å². The summed E-state index contributed by atoms with van der Waals surface area (Å²) in [5.41, 5.74) is 0.626. The van der Waals surface area contributed by atoms with Crippen molar-refractivity contribution < 1.29 is 4.79 Å². The Balaban J connectivity index is 2.36. The zero-order valence-electron chi connectivity index (χ0n) is 12.0. The normalized spacial score (nSPS) is 20.5. The molecule has 2 heteroatoms. The Hall–Kier alpha value is -0.790. The number of carbonyl (C=O) groups is 1. The minimum absolute atomic E-state index is 0.0343. The Morgan fingerprint density at radius 3 is 1.67 bits per heavy atom. The van der Waals surface area contributed by atoms with Crippen LogP contribution in [-0.4, -0.2) is 11.9 Å². The van der Waals surface area contributed by atoms with Crippen LogP contribution in [0.1, 0.15) is 77.6 Å². The van der Waals surface area contributed by atoms with Crippen LogP contribution < -0.4 is 5.32 Å². The predicted octanol–water partition coefficient (Wildman–Crippen LogP) is 4.35. The third kappa shape index (κ3) is 6.83. The zero-order chi connectivity index (χ0) is 13.2. The summed E-state index contributed by atoms with van der Waals surface area (Å²) >= 11 is 0. The Bertz CT molecular complexity index is 248. The Morgan fingerprint density at radius 2 is 1.28 bits per heavy atom. The molecule has 0 bridgehead atoms. The summed E-state index contributed by atoms with van der Waals surface area (Å²) in [6.45, 7) is 5.49. The van der Waals surface area contributed by atoms with E-state index in [0.717, 1.165) is 12.8 Å². The van der Waals surface area contributed by atoms with E-state index in [0.29, 0.717) is 11.6 Å². The van der Waals surface area contributed by atoms with Crippen LogP contribution in [0.4, 0.5) is 0 Å². The molecule has 0 heterocycles. The maximum atomic E-state index is 11.7. The second kappa shape index (κ2) is 9.18. The van der Waals surface area contributed by atoms with Gasteiger partial charge in [-0.1, -0.05) is 64.4 Å². The van der Waals surface area contributed by atoms with E-state index in [4.69, 9.17) is 0 Å². The van der Waals surface area contributed by atoms with Crippen molar-refractivity contribution >= 4 is 5.91 Å². The van der Waals surface area contributed by atoms with Gasteiger partial charge < -0.3 is 5.32 Å². The van der Waals surface area contributed by atoms with E-state index in [2.05, 4.69) is 11.9 Å². The van der Waals surface area contributed by atoms with Gasteiger partial charge in [0.25, 0.3) is 0 Å². The molecule has 1 aliphatic rings. The lowest BCUT2D eigenvalue weighted by atomic mass is 9.98. The van der Waals surface area contributed by atoms with E-state index in [1.807, 2.05) is 0 Å². The Morgan fingerprint density at radius 1 is 0.889 bits per heavy atom. The summed E-state index contributed by atoms with van der Waals surface area (Å²) in [4.78, 5) is 11.7. The van der Waals surface area contributed by atoms with Crippen LogP contribution in [0.15, 0.2) is 12.2 Å². The largest absolute Gasteiger partial charge is 0.350 e. The van der Waals surface area contributed by atoms with Gasteiger partial charge in [0.05, 0.1) is 0 Å². The summed E-state index contributed by atoms with van der Waals surface area (Å²) in [5, 5.41) is 3.13. The monoisotopic (exact) mass is 251 g/mol. The number of hydrogen-bond acceptors (Lipinski definition) is 1. The molecule has 0 saturated heterocycles. The molecule has 0 aromatic heterocycles. The summed E-state index contributed by atoms with van der Waals surface area (Å²) in [6, 6.07) is 0.369. The average molecular weight is 251 g/mol. The maximum absolute atomic E-state index is 11.7. The van der Waals surface area contributed by atoms with Crippen LogP contribution in [0.5, 0.6) is 0 Å². The number of carbonyl (C=O) groups excluding carboxylic acids is 1. The van der Waals surface area contributed by atoms with E-state index in [9.17, 15) is 4.79 Å². The Kier molecular flexibility index (Phi) is 7.79. The van der Waals surface area contributed by atoms with Gasteiger partial charge in [0.15, 0.2) is 0 Å².